The highest BCUT2D eigenvalue weighted by atomic mass is 16.5. The van der Waals surface area contributed by atoms with Gasteiger partial charge in [0, 0.05) is 6.04 Å². The van der Waals surface area contributed by atoms with Gasteiger partial charge in [0.15, 0.2) is 0 Å². The summed E-state index contributed by atoms with van der Waals surface area (Å²) in [4.78, 5) is 14.6. The molecule has 76 valence electrons. The molecule has 0 atom stereocenters. The van der Waals surface area contributed by atoms with Gasteiger partial charge in [0.25, 0.3) is 6.01 Å². The van der Waals surface area contributed by atoms with Gasteiger partial charge in [-0.15, -0.1) is 0 Å². The number of carboxylic acids is 1. The minimum Gasteiger partial charge on any atom is -0.481 e. The van der Waals surface area contributed by atoms with Crippen molar-refractivity contribution < 1.29 is 14.6 Å². The van der Waals surface area contributed by atoms with Crippen molar-refractivity contribution in [1.29, 1.82) is 0 Å². The zero-order chi connectivity index (χ0) is 10.1. The van der Waals surface area contributed by atoms with Gasteiger partial charge in [-0.3, -0.25) is 9.36 Å². The molecule has 1 fully saturated rings. The maximum absolute atomic E-state index is 10.6. The molecule has 1 aliphatic carbocycles. The number of hydrogen-bond acceptors (Lipinski definition) is 3. The summed E-state index contributed by atoms with van der Waals surface area (Å²) < 4.78 is 6.95. The monoisotopic (exact) mass is 196 g/mol. The first-order valence-electron chi connectivity index (χ1n) is 4.54. The summed E-state index contributed by atoms with van der Waals surface area (Å²) in [6.07, 6.45) is 3.75. The highest BCUT2D eigenvalue weighted by Gasteiger charge is 2.29. The fourth-order valence-electron chi connectivity index (χ4n) is 1.54. The number of ether oxygens (including phenoxy) is 1. The summed E-state index contributed by atoms with van der Waals surface area (Å²) in [5.41, 5.74) is 0.719. The second-order valence-electron chi connectivity index (χ2n) is 3.41. The smallest absolute Gasteiger partial charge is 0.309 e. The van der Waals surface area contributed by atoms with Crippen LogP contribution in [0, 0.1) is 0 Å². The van der Waals surface area contributed by atoms with Gasteiger partial charge >= 0.3 is 5.97 Å². The van der Waals surface area contributed by atoms with Gasteiger partial charge in [0.2, 0.25) is 0 Å². The number of imidazole rings is 1. The van der Waals surface area contributed by atoms with E-state index in [0.29, 0.717) is 12.1 Å². The predicted molar refractivity (Wildman–Crippen MR) is 48.4 cm³/mol. The number of carbonyl (C=O) groups is 1. The normalized spacial score (nSPS) is 15.5. The van der Waals surface area contributed by atoms with Crippen molar-refractivity contribution in [3.8, 4) is 6.01 Å². The summed E-state index contributed by atoms with van der Waals surface area (Å²) in [7, 11) is 1.55. The highest BCUT2D eigenvalue weighted by molar-refractivity contribution is 5.69. The molecule has 0 amide bonds. The minimum absolute atomic E-state index is 0.00681. The molecule has 1 heterocycles. The van der Waals surface area contributed by atoms with E-state index in [9.17, 15) is 4.79 Å². The lowest BCUT2D eigenvalue weighted by atomic mass is 10.3. The van der Waals surface area contributed by atoms with E-state index in [1.165, 1.54) is 0 Å². The number of nitrogens with zero attached hydrogens (tertiary/aromatic N) is 2. The molecular formula is C9H12N2O3. The summed E-state index contributed by atoms with van der Waals surface area (Å²) >= 11 is 0. The molecule has 1 saturated carbocycles. The van der Waals surface area contributed by atoms with Crippen LogP contribution in [-0.4, -0.2) is 27.7 Å². The van der Waals surface area contributed by atoms with E-state index in [0.717, 1.165) is 18.5 Å². The van der Waals surface area contributed by atoms with Crippen molar-refractivity contribution >= 4 is 5.97 Å². The Bertz CT molecular complexity index is 355. The zero-order valence-corrected chi connectivity index (χ0v) is 7.93. The maximum atomic E-state index is 10.6. The molecule has 0 aromatic carbocycles. The fourth-order valence-corrected chi connectivity index (χ4v) is 1.54. The Balaban J connectivity index is 2.29. The number of hydrogen-bond donors (Lipinski definition) is 1. The third-order valence-corrected chi connectivity index (χ3v) is 2.27. The number of rotatable bonds is 4. The molecule has 0 saturated heterocycles. The third-order valence-electron chi connectivity index (χ3n) is 2.27. The van der Waals surface area contributed by atoms with Crippen LogP contribution in [0.4, 0.5) is 0 Å². The van der Waals surface area contributed by atoms with Gasteiger partial charge in [-0.2, -0.15) is 0 Å². The zero-order valence-electron chi connectivity index (χ0n) is 7.93. The molecule has 14 heavy (non-hydrogen) atoms. The summed E-state index contributed by atoms with van der Waals surface area (Å²) in [6, 6.07) is 0.908. The van der Waals surface area contributed by atoms with Crippen molar-refractivity contribution in [2.24, 2.45) is 0 Å². The van der Waals surface area contributed by atoms with E-state index in [-0.39, 0.29) is 6.42 Å². The minimum atomic E-state index is -0.838. The van der Waals surface area contributed by atoms with E-state index in [4.69, 9.17) is 9.84 Å². The fraction of sp³-hybridized carbons (Fsp3) is 0.556. The Labute approximate surface area is 81.3 Å². The van der Waals surface area contributed by atoms with Crippen LogP contribution in [-0.2, 0) is 11.2 Å². The van der Waals surface area contributed by atoms with Crippen LogP contribution < -0.4 is 4.74 Å². The predicted octanol–water partition coefficient (Wildman–Crippen LogP) is 0.854. The summed E-state index contributed by atoms with van der Waals surface area (Å²) in [5, 5.41) is 8.69. The largest absolute Gasteiger partial charge is 0.481 e. The first-order chi connectivity index (χ1) is 6.72. The quantitative estimate of drug-likeness (QED) is 0.775. The molecule has 1 aliphatic rings. The van der Waals surface area contributed by atoms with Crippen molar-refractivity contribution in [2.45, 2.75) is 25.3 Å². The average molecular weight is 196 g/mol. The second-order valence-corrected chi connectivity index (χ2v) is 3.41. The highest BCUT2D eigenvalue weighted by Crippen LogP contribution is 2.39. The molecule has 5 nitrogen and oxygen atoms in total. The van der Waals surface area contributed by atoms with Gasteiger partial charge in [-0.25, -0.2) is 4.98 Å². The Morgan fingerprint density at radius 3 is 3.00 bits per heavy atom. The lowest BCUT2D eigenvalue weighted by Gasteiger charge is -2.07. The van der Waals surface area contributed by atoms with Crippen LogP contribution >= 0.6 is 0 Å². The van der Waals surface area contributed by atoms with Crippen LogP contribution in [0.2, 0.25) is 0 Å². The number of methoxy groups -OCH3 is 1. The molecule has 0 radical (unpaired) electrons. The Morgan fingerprint density at radius 1 is 1.79 bits per heavy atom. The van der Waals surface area contributed by atoms with Gasteiger partial charge < -0.3 is 9.84 Å². The number of aromatic nitrogens is 2. The van der Waals surface area contributed by atoms with Crippen LogP contribution in [0.3, 0.4) is 0 Å². The summed E-state index contributed by atoms with van der Waals surface area (Å²) in [6.45, 7) is 0. The third kappa shape index (κ3) is 1.57. The molecule has 0 aliphatic heterocycles. The molecule has 0 bridgehead atoms. The van der Waals surface area contributed by atoms with E-state index < -0.39 is 5.97 Å². The van der Waals surface area contributed by atoms with Gasteiger partial charge in [-0.1, -0.05) is 0 Å². The van der Waals surface area contributed by atoms with Crippen LogP contribution in [0.5, 0.6) is 6.01 Å². The first kappa shape index (κ1) is 9.05. The van der Waals surface area contributed by atoms with Crippen molar-refractivity contribution in [2.75, 3.05) is 7.11 Å². The molecule has 2 rings (SSSR count). The van der Waals surface area contributed by atoms with E-state index in [2.05, 4.69) is 4.98 Å². The van der Waals surface area contributed by atoms with Gasteiger partial charge in [0.05, 0.1) is 25.4 Å². The molecule has 1 aromatic heterocycles. The van der Waals surface area contributed by atoms with Gasteiger partial charge in [-0.05, 0) is 12.8 Å². The lowest BCUT2D eigenvalue weighted by molar-refractivity contribution is -0.136. The molecular weight excluding hydrogens is 184 g/mol. The Hall–Kier alpha value is -1.52. The molecule has 0 spiro atoms. The van der Waals surface area contributed by atoms with Crippen LogP contribution in [0.25, 0.3) is 0 Å². The summed E-state index contributed by atoms with van der Waals surface area (Å²) in [5.74, 6) is -0.838. The van der Waals surface area contributed by atoms with Gasteiger partial charge in [0.1, 0.15) is 0 Å². The molecule has 1 N–H and O–H groups in total. The Kier molecular flexibility index (Phi) is 2.15. The Morgan fingerprint density at radius 2 is 2.50 bits per heavy atom. The topological polar surface area (TPSA) is 64.3 Å². The van der Waals surface area contributed by atoms with Crippen LogP contribution in [0.1, 0.15) is 24.6 Å². The van der Waals surface area contributed by atoms with Crippen molar-refractivity contribution in [1.82, 2.24) is 9.55 Å². The number of aliphatic carboxylic acids is 1. The van der Waals surface area contributed by atoms with E-state index in [1.54, 1.807) is 13.3 Å². The second kappa shape index (κ2) is 3.32. The molecule has 5 heteroatoms. The average Bonchev–Trinajstić information content (AvgIpc) is 2.88. The lowest BCUT2D eigenvalue weighted by Crippen LogP contribution is -2.08. The maximum Gasteiger partial charge on any atom is 0.309 e. The number of carboxylic acid groups (broad SMARTS) is 1. The standard InChI is InChI=1S/C9H12N2O3/c1-14-9-10-5-7(4-8(12)13)11(9)6-2-3-6/h5-6H,2-4H2,1H3,(H,12,13). The molecule has 1 aromatic rings. The van der Waals surface area contributed by atoms with Crippen molar-refractivity contribution in [3.05, 3.63) is 11.9 Å². The van der Waals surface area contributed by atoms with E-state index >= 15 is 0 Å². The van der Waals surface area contributed by atoms with Crippen LogP contribution in [0.15, 0.2) is 6.20 Å². The van der Waals surface area contributed by atoms with Crippen molar-refractivity contribution in [3.63, 3.8) is 0 Å². The first-order valence-corrected chi connectivity index (χ1v) is 4.54. The molecule has 0 unspecified atom stereocenters. The van der Waals surface area contributed by atoms with E-state index in [1.807, 2.05) is 4.57 Å². The SMILES string of the molecule is COc1ncc(CC(=O)O)n1C1CC1.